The average Bonchev–Trinajstić information content (AvgIpc) is 2.26. The van der Waals surface area contributed by atoms with Crippen LogP contribution < -0.4 is 11.1 Å². The molecule has 6 heteroatoms. The predicted octanol–water partition coefficient (Wildman–Crippen LogP) is 0.759. The van der Waals surface area contributed by atoms with Crippen molar-refractivity contribution in [2.24, 2.45) is 11.1 Å². The smallest absolute Gasteiger partial charge is 0.261 e. The lowest BCUT2D eigenvalue weighted by atomic mass is 9.87. The van der Waals surface area contributed by atoms with Gasteiger partial charge in [-0.25, -0.2) is 8.78 Å². The highest BCUT2D eigenvalue weighted by atomic mass is 19.3. The molecule has 0 aliphatic carbocycles. The van der Waals surface area contributed by atoms with E-state index in [0.29, 0.717) is 6.42 Å². The molecule has 1 unspecified atom stereocenters. The van der Waals surface area contributed by atoms with E-state index in [0.717, 1.165) is 0 Å². The van der Waals surface area contributed by atoms with Crippen LogP contribution in [0.5, 0.6) is 0 Å². The van der Waals surface area contributed by atoms with Gasteiger partial charge >= 0.3 is 0 Å². The Labute approximate surface area is 94.5 Å². The van der Waals surface area contributed by atoms with E-state index in [2.05, 4.69) is 10.1 Å². The van der Waals surface area contributed by atoms with E-state index in [4.69, 9.17) is 5.73 Å². The monoisotopic (exact) mass is 238 g/mol. The third kappa shape index (κ3) is 5.37. The number of amides is 1. The summed E-state index contributed by atoms with van der Waals surface area (Å²) in [5.74, 6) is -0.168. The van der Waals surface area contributed by atoms with Gasteiger partial charge in [0.25, 0.3) is 6.43 Å². The molecule has 96 valence electrons. The van der Waals surface area contributed by atoms with Crippen molar-refractivity contribution in [2.75, 3.05) is 26.3 Å². The topological polar surface area (TPSA) is 64.4 Å². The van der Waals surface area contributed by atoms with Crippen LogP contribution in [-0.2, 0) is 9.53 Å². The van der Waals surface area contributed by atoms with Gasteiger partial charge in [-0.05, 0) is 13.3 Å². The average molecular weight is 238 g/mol. The molecule has 0 aliphatic heterocycles. The van der Waals surface area contributed by atoms with Gasteiger partial charge in [0.15, 0.2) is 0 Å². The second-order valence-electron chi connectivity index (χ2n) is 3.84. The maximum absolute atomic E-state index is 11.7. The molecule has 0 aromatic carbocycles. The molecule has 0 aromatic heterocycles. The lowest BCUT2D eigenvalue weighted by molar-refractivity contribution is -0.130. The van der Waals surface area contributed by atoms with E-state index < -0.39 is 18.4 Å². The molecule has 0 spiro atoms. The lowest BCUT2D eigenvalue weighted by Crippen LogP contribution is -2.44. The zero-order valence-corrected chi connectivity index (χ0v) is 9.76. The molecule has 0 aromatic rings. The molecule has 3 N–H and O–H groups in total. The fourth-order valence-electron chi connectivity index (χ4n) is 1.02. The number of hydrogen-bond donors (Lipinski definition) is 2. The summed E-state index contributed by atoms with van der Waals surface area (Å²) in [5, 5.41) is 2.61. The van der Waals surface area contributed by atoms with Crippen molar-refractivity contribution in [3.05, 3.63) is 0 Å². The van der Waals surface area contributed by atoms with Crippen LogP contribution in [0.25, 0.3) is 0 Å². The normalized spacial score (nSPS) is 14.9. The first-order valence-corrected chi connectivity index (χ1v) is 5.30. The molecular formula is C10H20F2N2O2. The molecule has 1 amide bonds. The number of carbonyl (C=O) groups is 1. The molecule has 0 fully saturated rings. The van der Waals surface area contributed by atoms with Crippen LogP contribution in [0.3, 0.4) is 0 Å². The molecule has 0 bridgehead atoms. The summed E-state index contributed by atoms with van der Waals surface area (Å²) in [6.45, 7) is 3.61. The summed E-state index contributed by atoms with van der Waals surface area (Å²) in [6.07, 6.45) is -1.84. The van der Waals surface area contributed by atoms with Crippen molar-refractivity contribution in [1.29, 1.82) is 0 Å². The van der Waals surface area contributed by atoms with Gasteiger partial charge in [-0.1, -0.05) is 6.92 Å². The van der Waals surface area contributed by atoms with Crippen LogP contribution in [0.4, 0.5) is 8.78 Å². The van der Waals surface area contributed by atoms with Gasteiger partial charge in [0, 0.05) is 13.1 Å². The minimum atomic E-state index is -2.47. The summed E-state index contributed by atoms with van der Waals surface area (Å²) in [6, 6.07) is 0. The van der Waals surface area contributed by atoms with E-state index >= 15 is 0 Å². The van der Waals surface area contributed by atoms with Gasteiger partial charge in [-0.3, -0.25) is 4.79 Å². The molecular weight excluding hydrogens is 218 g/mol. The summed E-state index contributed by atoms with van der Waals surface area (Å²) in [7, 11) is 0. The van der Waals surface area contributed by atoms with E-state index in [9.17, 15) is 13.6 Å². The maximum Gasteiger partial charge on any atom is 0.261 e. The van der Waals surface area contributed by atoms with Crippen LogP contribution >= 0.6 is 0 Å². The number of nitrogens with one attached hydrogen (secondary N) is 1. The maximum atomic E-state index is 11.7. The van der Waals surface area contributed by atoms with Crippen molar-refractivity contribution >= 4 is 5.91 Å². The number of hydrogen-bond acceptors (Lipinski definition) is 3. The molecule has 0 saturated heterocycles. The Balaban J connectivity index is 3.73. The summed E-state index contributed by atoms with van der Waals surface area (Å²) < 4.78 is 28.0. The first-order valence-electron chi connectivity index (χ1n) is 5.30. The predicted molar refractivity (Wildman–Crippen MR) is 57.3 cm³/mol. The highest BCUT2D eigenvalue weighted by molar-refractivity contribution is 5.82. The number of ether oxygens (including phenoxy) is 1. The van der Waals surface area contributed by atoms with Crippen molar-refractivity contribution in [3.63, 3.8) is 0 Å². The molecule has 16 heavy (non-hydrogen) atoms. The third-order valence-corrected chi connectivity index (χ3v) is 2.55. The molecule has 1 atom stereocenters. The number of alkyl halides is 2. The van der Waals surface area contributed by atoms with Crippen molar-refractivity contribution in [1.82, 2.24) is 5.32 Å². The van der Waals surface area contributed by atoms with Gasteiger partial charge in [0.05, 0.1) is 12.0 Å². The van der Waals surface area contributed by atoms with Gasteiger partial charge in [-0.2, -0.15) is 0 Å². The molecule has 0 heterocycles. The Morgan fingerprint density at radius 2 is 2.19 bits per heavy atom. The van der Waals surface area contributed by atoms with Gasteiger partial charge in [-0.15, -0.1) is 0 Å². The SMILES string of the molecule is CCC(C)(CN)C(=O)NCCOCC(F)F. The van der Waals surface area contributed by atoms with Gasteiger partial charge in [0.1, 0.15) is 6.61 Å². The third-order valence-electron chi connectivity index (χ3n) is 2.55. The number of carbonyl (C=O) groups excluding carboxylic acids is 1. The van der Waals surface area contributed by atoms with Gasteiger partial charge in [0.2, 0.25) is 5.91 Å². The van der Waals surface area contributed by atoms with Crippen LogP contribution in [0.1, 0.15) is 20.3 Å². The molecule has 4 nitrogen and oxygen atoms in total. The minimum Gasteiger partial charge on any atom is -0.374 e. The van der Waals surface area contributed by atoms with Crippen LogP contribution in [0, 0.1) is 5.41 Å². The fraction of sp³-hybridized carbons (Fsp3) is 0.900. The highest BCUT2D eigenvalue weighted by Crippen LogP contribution is 2.18. The van der Waals surface area contributed by atoms with Crippen molar-refractivity contribution < 1.29 is 18.3 Å². The Kier molecular flexibility index (Phi) is 7.16. The zero-order valence-electron chi connectivity index (χ0n) is 9.76. The Morgan fingerprint density at radius 3 is 2.62 bits per heavy atom. The zero-order chi connectivity index (χ0) is 12.6. The largest absolute Gasteiger partial charge is 0.374 e. The van der Waals surface area contributed by atoms with E-state index in [1.54, 1.807) is 6.92 Å². The standard InChI is InChI=1S/C10H20F2N2O2/c1-3-10(2,7-13)9(15)14-4-5-16-6-8(11)12/h8H,3-7,13H2,1-2H3,(H,14,15). The Hall–Kier alpha value is -0.750. The first kappa shape index (κ1) is 15.2. The number of rotatable bonds is 8. The lowest BCUT2D eigenvalue weighted by Gasteiger charge is -2.24. The number of nitrogens with two attached hydrogens (primary N) is 1. The second-order valence-corrected chi connectivity index (χ2v) is 3.84. The molecule has 0 aliphatic rings. The van der Waals surface area contributed by atoms with E-state index in [1.165, 1.54) is 0 Å². The van der Waals surface area contributed by atoms with Crippen LogP contribution in [-0.4, -0.2) is 38.6 Å². The summed E-state index contributed by atoms with van der Waals surface area (Å²) >= 11 is 0. The minimum absolute atomic E-state index is 0.0838. The Morgan fingerprint density at radius 1 is 1.56 bits per heavy atom. The highest BCUT2D eigenvalue weighted by Gasteiger charge is 2.28. The molecule has 0 rings (SSSR count). The first-order chi connectivity index (χ1) is 7.46. The Bertz CT molecular complexity index is 209. The van der Waals surface area contributed by atoms with E-state index in [1.807, 2.05) is 6.92 Å². The summed E-state index contributed by atoms with van der Waals surface area (Å²) in [4.78, 5) is 11.6. The van der Waals surface area contributed by atoms with Crippen molar-refractivity contribution in [3.8, 4) is 0 Å². The van der Waals surface area contributed by atoms with Gasteiger partial charge < -0.3 is 15.8 Å². The van der Waals surface area contributed by atoms with Crippen LogP contribution in [0.15, 0.2) is 0 Å². The summed E-state index contributed by atoms with van der Waals surface area (Å²) in [5.41, 5.74) is 4.90. The van der Waals surface area contributed by atoms with E-state index in [-0.39, 0.29) is 25.6 Å². The quantitative estimate of drug-likeness (QED) is 0.614. The van der Waals surface area contributed by atoms with Crippen LogP contribution in [0.2, 0.25) is 0 Å². The molecule has 0 saturated carbocycles. The number of halogens is 2. The molecule has 0 radical (unpaired) electrons. The second kappa shape index (κ2) is 7.51. The fourth-order valence-corrected chi connectivity index (χ4v) is 1.02. The van der Waals surface area contributed by atoms with Crippen molar-refractivity contribution in [2.45, 2.75) is 26.7 Å².